The smallest absolute Gasteiger partial charge is 0.219 e. The Morgan fingerprint density at radius 3 is 2.87 bits per heavy atom. The van der Waals surface area contributed by atoms with E-state index < -0.39 is 0 Å². The summed E-state index contributed by atoms with van der Waals surface area (Å²) in [6, 6.07) is 8.20. The quantitative estimate of drug-likeness (QED) is 0.771. The lowest BCUT2D eigenvalue weighted by atomic mass is 10.1. The summed E-state index contributed by atoms with van der Waals surface area (Å²) in [6.07, 6.45) is 1.43. The van der Waals surface area contributed by atoms with Crippen LogP contribution in [0.1, 0.15) is 18.9 Å². The van der Waals surface area contributed by atoms with Gasteiger partial charge in [0.25, 0.3) is 0 Å². The normalized spacial score (nSPS) is 9.73. The third kappa shape index (κ3) is 4.02. The molecule has 3 nitrogen and oxygen atoms in total. The fourth-order valence-corrected chi connectivity index (χ4v) is 1.35. The Kier molecular flexibility index (Phi) is 4.68. The van der Waals surface area contributed by atoms with Gasteiger partial charge < -0.3 is 10.6 Å². The van der Waals surface area contributed by atoms with Crippen LogP contribution in [0.2, 0.25) is 0 Å². The maximum Gasteiger partial charge on any atom is 0.219 e. The largest absolute Gasteiger partial charge is 0.388 e. The molecule has 0 saturated carbocycles. The summed E-state index contributed by atoms with van der Waals surface area (Å²) in [5.74, 6) is 0.111. The minimum absolute atomic E-state index is 0.111. The topological polar surface area (TPSA) is 41.1 Å². The van der Waals surface area contributed by atoms with Gasteiger partial charge in [0.1, 0.15) is 0 Å². The van der Waals surface area contributed by atoms with E-state index in [1.165, 1.54) is 5.56 Å². The third-order valence-corrected chi connectivity index (χ3v) is 2.27. The lowest BCUT2D eigenvalue weighted by Gasteiger charge is -2.05. The van der Waals surface area contributed by atoms with E-state index >= 15 is 0 Å². The van der Waals surface area contributed by atoms with Gasteiger partial charge in [0.15, 0.2) is 0 Å². The van der Waals surface area contributed by atoms with E-state index in [9.17, 15) is 4.79 Å². The lowest BCUT2D eigenvalue weighted by molar-refractivity contribution is -0.120. The zero-order valence-corrected chi connectivity index (χ0v) is 9.34. The molecule has 0 unspecified atom stereocenters. The number of amides is 1. The highest BCUT2D eigenvalue weighted by Gasteiger charge is 1.97. The highest BCUT2D eigenvalue weighted by atomic mass is 16.1. The summed E-state index contributed by atoms with van der Waals surface area (Å²) < 4.78 is 0. The molecule has 0 fully saturated rings. The molecule has 0 bridgehead atoms. The first-order valence-electron chi connectivity index (χ1n) is 5.29. The second kappa shape index (κ2) is 6.06. The molecule has 2 N–H and O–H groups in total. The predicted octanol–water partition coefficient (Wildman–Crippen LogP) is 1.80. The van der Waals surface area contributed by atoms with Crippen molar-refractivity contribution in [2.24, 2.45) is 0 Å². The van der Waals surface area contributed by atoms with Crippen LogP contribution in [0.5, 0.6) is 0 Å². The Labute approximate surface area is 90.9 Å². The molecular weight excluding hydrogens is 188 g/mol. The van der Waals surface area contributed by atoms with Crippen molar-refractivity contribution >= 4 is 11.6 Å². The van der Waals surface area contributed by atoms with E-state index in [1.807, 2.05) is 26.1 Å². The highest BCUT2D eigenvalue weighted by molar-refractivity contribution is 5.75. The number of hydrogen-bond donors (Lipinski definition) is 2. The van der Waals surface area contributed by atoms with Crippen molar-refractivity contribution < 1.29 is 4.79 Å². The second-order valence-corrected chi connectivity index (χ2v) is 3.40. The third-order valence-electron chi connectivity index (χ3n) is 2.27. The van der Waals surface area contributed by atoms with Crippen LogP contribution in [0.4, 0.5) is 5.69 Å². The van der Waals surface area contributed by atoms with Crippen LogP contribution in [0.3, 0.4) is 0 Å². The molecule has 1 amide bonds. The van der Waals surface area contributed by atoms with Crippen LogP contribution in [0.25, 0.3) is 0 Å². The van der Waals surface area contributed by atoms with Crippen LogP contribution >= 0.6 is 0 Å². The van der Waals surface area contributed by atoms with E-state index in [0.29, 0.717) is 13.0 Å². The molecule has 0 atom stereocenters. The van der Waals surface area contributed by atoms with Crippen LogP contribution in [0, 0.1) is 0 Å². The maximum absolute atomic E-state index is 11.0. The zero-order valence-electron chi connectivity index (χ0n) is 9.34. The zero-order chi connectivity index (χ0) is 11.1. The Morgan fingerprint density at radius 1 is 1.40 bits per heavy atom. The number of rotatable bonds is 5. The van der Waals surface area contributed by atoms with E-state index in [0.717, 1.165) is 12.1 Å². The van der Waals surface area contributed by atoms with Gasteiger partial charge in [-0.3, -0.25) is 4.79 Å². The second-order valence-electron chi connectivity index (χ2n) is 3.40. The first kappa shape index (κ1) is 11.6. The molecule has 1 aromatic carbocycles. The van der Waals surface area contributed by atoms with Gasteiger partial charge in [0, 0.05) is 25.7 Å². The Morgan fingerprint density at radius 2 is 2.20 bits per heavy atom. The lowest BCUT2D eigenvalue weighted by Crippen LogP contribution is -2.24. The maximum atomic E-state index is 11.0. The van der Waals surface area contributed by atoms with Crippen LogP contribution in [0.15, 0.2) is 24.3 Å². The number of nitrogens with one attached hydrogen (secondary N) is 2. The summed E-state index contributed by atoms with van der Waals surface area (Å²) in [5.41, 5.74) is 2.34. The molecule has 82 valence electrons. The molecular formula is C12H18N2O. The molecule has 1 aromatic rings. The van der Waals surface area contributed by atoms with E-state index in [2.05, 4.69) is 22.8 Å². The van der Waals surface area contributed by atoms with Crippen LogP contribution < -0.4 is 10.6 Å². The van der Waals surface area contributed by atoms with Crippen molar-refractivity contribution in [2.75, 3.05) is 18.9 Å². The van der Waals surface area contributed by atoms with Gasteiger partial charge >= 0.3 is 0 Å². The fourth-order valence-electron chi connectivity index (χ4n) is 1.35. The molecule has 0 radical (unpaired) electrons. The first-order chi connectivity index (χ1) is 7.26. The molecule has 0 spiro atoms. The van der Waals surface area contributed by atoms with Gasteiger partial charge in [-0.1, -0.05) is 19.1 Å². The predicted molar refractivity (Wildman–Crippen MR) is 63.0 cm³/mol. The van der Waals surface area contributed by atoms with Gasteiger partial charge in [0.05, 0.1) is 0 Å². The van der Waals surface area contributed by atoms with Crippen molar-refractivity contribution in [2.45, 2.75) is 19.8 Å². The summed E-state index contributed by atoms with van der Waals surface area (Å²) in [5, 5.41) is 5.95. The summed E-state index contributed by atoms with van der Waals surface area (Å²) >= 11 is 0. The summed E-state index contributed by atoms with van der Waals surface area (Å²) in [7, 11) is 1.90. The SMILES string of the molecule is CCC(=O)NCCc1cccc(NC)c1. The minimum atomic E-state index is 0.111. The van der Waals surface area contributed by atoms with Crippen molar-refractivity contribution in [1.29, 1.82) is 0 Å². The number of carbonyl (C=O) groups is 1. The molecule has 1 rings (SSSR count). The summed E-state index contributed by atoms with van der Waals surface area (Å²) in [4.78, 5) is 11.0. The molecule has 0 aliphatic carbocycles. The molecule has 0 heterocycles. The van der Waals surface area contributed by atoms with Crippen molar-refractivity contribution in [1.82, 2.24) is 5.32 Å². The van der Waals surface area contributed by atoms with Crippen molar-refractivity contribution in [3.05, 3.63) is 29.8 Å². The van der Waals surface area contributed by atoms with Crippen LogP contribution in [-0.2, 0) is 11.2 Å². The Bertz CT molecular complexity index is 323. The van der Waals surface area contributed by atoms with E-state index in [-0.39, 0.29) is 5.91 Å². The molecule has 3 heteroatoms. The van der Waals surface area contributed by atoms with Gasteiger partial charge in [-0.15, -0.1) is 0 Å². The van der Waals surface area contributed by atoms with Gasteiger partial charge in [0.2, 0.25) is 5.91 Å². The number of anilines is 1. The highest BCUT2D eigenvalue weighted by Crippen LogP contribution is 2.09. The summed E-state index contributed by atoms with van der Waals surface area (Å²) in [6.45, 7) is 2.57. The minimum Gasteiger partial charge on any atom is -0.388 e. The molecule has 15 heavy (non-hydrogen) atoms. The molecule has 0 aromatic heterocycles. The average Bonchev–Trinajstić information content (AvgIpc) is 2.29. The van der Waals surface area contributed by atoms with E-state index in [1.54, 1.807) is 0 Å². The number of benzene rings is 1. The van der Waals surface area contributed by atoms with Crippen molar-refractivity contribution in [3.8, 4) is 0 Å². The monoisotopic (exact) mass is 206 g/mol. The molecule has 0 saturated heterocycles. The molecule has 0 aliphatic heterocycles. The fraction of sp³-hybridized carbons (Fsp3) is 0.417. The van der Waals surface area contributed by atoms with Gasteiger partial charge in [-0.2, -0.15) is 0 Å². The number of carbonyl (C=O) groups excluding carboxylic acids is 1. The Hall–Kier alpha value is -1.51. The Balaban J connectivity index is 2.40. The molecule has 0 aliphatic rings. The van der Waals surface area contributed by atoms with Crippen LogP contribution in [-0.4, -0.2) is 19.5 Å². The standard InChI is InChI=1S/C12H18N2O/c1-3-12(15)14-8-7-10-5-4-6-11(9-10)13-2/h4-6,9,13H,3,7-8H2,1-2H3,(H,14,15). The average molecular weight is 206 g/mol. The van der Waals surface area contributed by atoms with Gasteiger partial charge in [-0.05, 0) is 24.1 Å². The number of hydrogen-bond acceptors (Lipinski definition) is 2. The van der Waals surface area contributed by atoms with Gasteiger partial charge in [-0.25, -0.2) is 0 Å². The van der Waals surface area contributed by atoms with E-state index in [4.69, 9.17) is 0 Å². The first-order valence-corrected chi connectivity index (χ1v) is 5.29. The van der Waals surface area contributed by atoms with Crippen molar-refractivity contribution in [3.63, 3.8) is 0 Å².